The molecule has 0 radical (unpaired) electrons. The summed E-state index contributed by atoms with van der Waals surface area (Å²) in [5, 5.41) is 2.99. The molecule has 4 heterocycles. The molecule has 8 nitrogen and oxygen atoms in total. The number of amides is 3. The third-order valence-corrected chi connectivity index (χ3v) is 10.3. The Hall–Kier alpha value is -4.83. The lowest BCUT2D eigenvalue weighted by Crippen LogP contribution is -2.39. The van der Waals surface area contributed by atoms with Gasteiger partial charge in [0.15, 0.2) is 5.82 Å². The van der Waals surface area contributed by atoms with Crippen LogP contribution in [0.25, 0.3) is 27.6 Å². The minimum absolute atomic E-state index is 0.211. The zero-order valence-corrected chi connectivity index (χ0v) is 28.1. The van der Waals surface area contributed by atoms with Gasteiger partial charge in [-0.3, -0.25) is 19.7 Å². The van der Waals surface area contributed by atoms with E-state index in [-0.39, 0.29) is 24.1 Å². The Kier molecular flexibility index (Phi) is 8.83. The van der Waals surface area contributed by atoms with Gasteiger partial charge in [-0.1, -0.05) is 36.4 Å². The zero-order chi connectivity index (χ0) is 34.4. The van der Waals surface area contributed by atoms with Crippen LogP contribution in [0.15, 0.2) is 60.7 Å². The highest BCUT2D eigenvalue weighted by atomic mass is 19.1. The van der Waals surface area contributed by atoms with Crippen LogP contribution in [0.1, 0.15) is 71.1 Å². The van der Waals surface area contributed by atoms with Gasteiger partial charge in [0.1, 0.15) is 11.5 Å². The summed E-state index contributed by atoms with van der Waals surface area (Å²) in [4.78, 5) is 45.6. The van der Waals surface area contributed by atoms with Crippen LogP contribution >= 0.6 is 0 Å². The van der Waals surface area contributed by atoms with Crippen molar-refractivity contribution in [1.82, 2.24) is 20.1 Å². The third-order valence-electron chi connectivity index (χ3n) is 10.3. The molecular weight excluding hydrogens is 624 g/mol. The van der Waals surface area contributed by atoms with Gasteiger partial charge in [0.05, 0.1) is 11.4 Å². The summed E-state index contributed by atoms with van der Waals surface area (Å²) in [5.74, 6) is -2.04. The van der Waals surface area contributed by atoms with Crippen molar-refractivity contribution in [2.75, 3.05) is 52.2 Å². The van der Waals surface area contributed by atoms with E-state index in [9.17, 15) is 14.4 Å². The first-order valence-corrected chi connectivity index (χ1v) is 17.0. The van der Waals surface area contributed by atoms with Gasteiger partial charge in [0.25, 0.3) is 5.91 Å². The Morgan fingerprint density at radius 2 is 1.67 bits per heavy atom. The average Bonchev–Trinajstić information content (AvgIpc) is 3.55. The van der Waals surface area contributed by atoms with Gasteiger partial charge in [-0.25, -0.2) is 8.78 Å². The molecule has 3 aliphatic heterocycles. The molecule has 7 rings (SSSR count). The van der Waals surface area contributed by atoms with Crippen molar-refractivity contribution in [3.8, 4) is 11.1 Å². The SMILES string of the molecule is CN1CCC=C(c2cc(-c3ccc(C4CCN(c5ccc(C6CCC(=O)NC6=O)c(F)c5)CC4)cc3)c3cc(C(=O)N(C)C)[nH]c3c2F)C1. The van der Waals surface area contributed by atoms with Crippen molar-refractivity contribution in [3.63, 3.8) is 0 Å². The van der Waals surface area contributed by atoms with E-state index in [2.05, 4.69) is 50.4 Å². The van der Waals surface area contributed by atoms with Gasteiger partial charge in [-0.2, -0.15) is 0 Å². The highest BCUT2D eigenvalue weighted by molar-refractivity contribution is 6.04. The molecule has 0 bridgehead atoms. The number of H-pyrrole nitrogens is 1. The summed E-state index contributed by atoms with van der Waals surface area (Å²) >= 11 is 0. The topological polar surface area (TPSA) is 88.8 Å². The van der Waals surface area contributed by atoms with Crippen molar-refractivity contribution in [1.29, 1.82) is 0 Å². The maximum atomic E-state index is 16.1. The molecule has 1 aromatic heterocycles. The number of imide groups is 1. The minimum Gasteiger partial charge on any atom is -0.371 e. The molecule has 1 unspecified atom stereocenters. The van der Waals surface area contributed by atoms with Crippen LogP contribution in [0.5, 0.6) is 0 Å². The molecular formula is C39H41F2N5O3. The first-order valence-electron chi connectivity index (χ1n) is 17.0. The number of halogens is 2. The second kappa shape index (κ2) is 13.2. The first kappa shape index (κ1) is 32.7. The number of anilines is 1. The molecule has 2 saturated heterocycles. The predicted octanol–water partition coefficient (Wildman–Crippen LogP) is 6.44. The molecule has 3 aliphatic rings. The van der Waals surface area contributed by atoms with E-state index >= 15 is 8.78 Å². The summed E-state index contributed by atoms with van der Waals surface area (Å²) in [6, 6.07) is 17.2. The fourth-order valence-electron chi connectivity index (χ4n) is 7.57. The largest absolute Gasteiger partial charge is 0.371 e. The molecule has 0 saturated carbocycles. The molecule has 4 aromatic rings. The summed E-state index contributed by atoms with van der Waals surface area (Å²) in [5.41, 5.74) is 6.34. The number of carbonyl (C=O) groups is 3. The maximum absolute atomic E-state index is 16.1. The van der Waals surface area contributed by atoms with Crippen molar-refractivity contribution in [2.45, 2.75) is 43.9 Å². The lowest BCUT2D eigenvalue weighted by Gasteiger charge is -2.34. The lowest BCUT2D eigenvalue weighted by atomic mass is 9.87. The Bertz CT molecular complexity index is 1970. The van der Waals surface area contributed by atoms with Crippen LogP contribution < -0.4 is 10.2 Å². The number of rotatable bonds is 6. The molecule has 2 N–H and O–H groups in total. The fraction of sp³-hybridized carbons (Fsp3) is 0.359. The second-order valence-corrected chi connectivity index (χ2v) is 13.8. The van der Waals surface area contributed by atoms with E-state index in [1.807, 2.05) is 19.2 Å². The first-order chi connectivity index (χ1) is 23.6. The highest BCUT2D eigenvalue weighted by Crippen LogP contribution is 2.39. The molecule has 3 amide bonds. The van der Waals surface area contributed by atoms with Crippen LogP contribution in [0.4, 0.5) is 14.5 Å². The minimum atomic E-state index is -0.649. The molecule has 254 valence electrons. The van der Waals surface area contributed by atoms with Crippen molar-refractivity contribution in [3.05, 3.63) is 94.7 Å². The van der Waals surface area contributed by atoms with Crippen molar-refractivity contribution < 1.29 is 23.2 Å². The zero-order valence-electron chi connectivity index (χ0n) is 28.1. The summed E-state index contributed by atoms with van der Waals surface area (Å²) in [6.07, 6.45) is 5.29. The van der Waals surface area contributed by atoms with E-state index < -0.39 is 17.6 Å². The Morgan fingerprint density at radius 3 is 2.35 bits per heavy atom. The van der Waals surface area contributed by atoms with Gasteiger partial charge >= 0.3 is 0 Å². The van der Waals surface area contributed by atoms with E-state index in [0.29, 0.717) is 46.6 Å². The van der Waals surface area contributed by atoms with Crippen LogP contribution in [-0.4, -0.2) is 79.8 Å². The molecule has 49 heavy (non-hydrogen) atoms. The predicted molar refractivity (Wildman–Crippen MR) is 188 cm³/mol. The number of nitrogens with zero attached hydrogens (tertiary/aromatic N) is 3. The number of carbonyl (C=O) groups excluding carboxylic acids is 3. The number of aromatic nitrogens is 1. The highest BCUT2D eigenvalue weighted by Gasteiger charge is 2.31. The quantitative estimate of drug-likeness (QED) is 0.232. The maximum Gasteiger partial charge on any atom is 0.269 e. The summed E-state index contributed by atoms with van der Waals surface area (Å²) < 4.78 is 31.3. The molecule has 3 aromatic carbocycles. The number of aromatic amines is 1. The molecule has 1 atom stereocenters. The van der Waals surface area contributed by atoms with E-state index in [1.54, 1.807) is 26.2 Å². The number of benzene rings is 3. The Labute approximate surface area is 284 Å². The summed E-state index contributed by atoms with van der Waals surface area (Å²) in [6.45, 7) is 3.11. The van der Waals surface area contributed by atoms with Gasteiger partial charge in [-0.05, 0) is 85.2 Å². The van der Waals surface area contributed by atoms with Gasteiger partial charge in [-0.15, -0.1) is 0 Å². The Morgan fingerprint density at radius 1 is 0.918 bits per heavy atom. The molecule has 2 fully saturated rings. The molecule has 10 heteroatoms. The van der Waals surface area contributed by atoms with E-state index in [1.165, 1.54) is 16.5 Å². The average molecular weight is 666 g/mol. The molecule has 0 aliphatic carbocycles. The van der Waals surface area contributed by atoms with E-state index in [0.717, 1.165) is 61.3 Å². The normalized spacial score (nSPS) is 19.2. The van der Waals surface area contributed by atoms with Crippen molar-refractivity contribution >= 4 is 39.9 Å². The lowest BCUT2D eigenvalue weighted by molar-refractivity contribution is -0.134. The number of hydrogen-bond donors (Lipinski definition) is 2. The van der Waals surface area contributed by atoms with Gasteiger partial charge in [0.2, 0.25) is 11.8 Å². The number of piperidine rings is 2. The van der Waals surface area contributed by atoms with Crippen LogP contribution in [0.2, 0.25) is 0 Å². The number of hydrogen-bond acceptors (Lipinski definition) is 5. The second-order valence-electron chi connectivity index (χ2n) is 13.8. The monoisotopic (exact) mass is 665 g/mol. The van der Waals surface area contributed by atoms with Crippen LogP contribution in [0.3, 0.4) is 0 Å². The smallest absolute Gasteiger partial charge is 0.269 e. The standard InChI is InChI=1S/C39H41F2N5O3/c1-44(2)39(49)34-21-32-30(20-31(36(41)37(32)42-34)26-5-4-16-45(3)22-26)25-8-6-23(7-9-25)24-14-17-46(18-15-24)27-10-11-28(33(40)19-27)29-12-13-35(47)43-38(29)48/h5-11,19-21,24,29,42H,4,12-18,22H2,1-3H3,(H,43,47,48). The third kappa shape index (κ3) is 6.37. The van der Waals surface area contributed by atoms with Gasteiger partial charge in [0, 0.05) is 68.9 Å². The van der Waals surface area contributed by atoms with Crippen molar-refractivity contribution in [2.24, 2.45) is 0 Å². The summed E-state index contributed by atoms with van der Waals surface area (Å²) in [7, 11) is 5.40. The van der Waals surface area contributed by atoms with E-state index in [4.69, 9.17) is 0 Å². The van der Waals surface area contributed by atoms with Crippen LogP contribution in [-0.2, 0) is 9.59 Å². The number of fused-ring (bicyclic) bond motifs is 1. The van der Waals surface area contributed by atoms with Gasteiger partial charge < -0.3 is 19.7 Å². The Balaban J connectivity index is 1.10. The molecule has 0 spiro atoms. The van der Waals surface area contributed by atoms with Crippen LogP contribution in [0, 0.1) is 11.6 Å². The fourth-order valence-corrected chi connectivity index (χ4v) is 7.57. The number of nitrogens with one attached hydrogen (secondary N) is 2. The number of likely N-dealkylation sites (N-methyl/N-ethyl adjacent to an activating group) is 1.